The first-order valence-electron chi connectivity index (χ1n) is 7.80. The van der Waals surface area contributed by atoms with Crippen LogP contribution in [0.2, 0.25) is 0 Å². The zero-order valence-electron chi connectivity index (χ0n) is 13.4. The summed E-state index contributed by atoms with van der Waals surface area (Å²) in [4.78, 5) is 23.4. The Hall–Kier alpha value is -2.82. The summed E-state index contributed by atoms with van der Waals surface area (Å²) in [5, 5.41) is 12.0. The molecule has 1 fully saturated rings. The molecular formula is C19H19NO4. The lowest BCUT2D eigenvalue weighted by molar-refractivity contribution is -0.136. The second kappa shape index (κ2) is 6.35. The lowest BCUT2D eigenvalue weighted by Gasteiger charge is -2.19. The molecule has 2 aromatic carbocycles. The van der Waals surface area contributed by atoms with E-state index in [0.717, 1.165) is 24.2 Å². The number of carboxylic acid groups (broad SMARTS) is 1. The second-order valence-electron chi connectivity index (χ2n) is 6.04. The van der Waals surface area contributed by atoms with Gasteiger partial charge in [-0.25, -0.2) is 0 Å². The Morgan fingerprint density at radius 3 is 2.58 bits per heavy atom. The van der Waals surface area contributed by atoms with E-state index in [2.05, 4.69) is 5.32 Å². The number of amides is 1. The first-order chi connectivity index (χ1) is 11.5. The summed E-state index contributed by atoms with van der Waals surface area (Å²) in [5.41, 5.74) is 1.76. The first-order valence-corrected chi connectivity index (χ1v) is 7.80. The molecule has 1 amide bonds. The summed E-state index contributed by atoms with van der Waals surface area (Å²) in [6.45, 7) is 0. The van der Waals surface area contributed by atoms with Crippen molar-refractivity contribution in [3.63, 3.8) is 0 Å². The molecule has 1 aliphatic rings. The van der Waals surface area contributed by atoms with Crippen molar-refractivity contribution in [2.75, 3.05) is 7.11 Å². The highest BCUT2D eigenvalue weighted by molar-refractivity contribution is 5.95. The summed E-state index contributed by atoms with van der Waals surface area (Å²) in [6, 6.07) is 14.4. The third-order valence-electron chi connectivity index (χ3n) is 4.27. The molecule has 124 valence electrons. The fourth-order valence-electron chi connectivity index (χ4n) is 2.82. The number of rotatable bonds is 6. The Labute approximate surface area is 140 Å². The van der Waals surface area contributed by atoms with Gasteiger partial charge in [0.25, 0.3) is 5.91 Å². The zero-order chi connectivity index (χ0) is 17.2. The lowest BCUT2D eigenvalue weighted by Crippen LogP contribution is -2.34. The second-order valence-corrected chi connectivity index (χ2v) is 6.04. The third kappa shape index (κ3) is 3.40. The summed E-state index contributed by atoms with van der Waals surface area (Å²) in [6.07, 6.45) is 1.66. The van der Waals surface area contributed by atoms with Gasteiger partial charge >= 0.3 is 5.97 Å². The summed E-state index contributed by atoms with van der Waals surface area (Å²) < 4.78 is 5.25. The molecule has 5 heteroatoms. The van der Waals surface area contributed by atoms with Gasteiger partial charge in [-0.1, -0.05) is 24.3 Å². The molecule has 0 aliphatic heterocycles. The van der Waals surface area contributed by atoms with Crippen LogP contribution in [0.25, 0.3) is 0 Å². The standard InChI is InChI=1S/C19H19NO4/c1-24-16-7-3-6-15(12-16)19(8-9-19)20-18(23)14-5-2-4-13(10-14)11-17(21)22/h2-7,10,12H,8-9,11H2,1H3,(H,20,23)(H,21,22). The number of methoxy groups -OCH3 is 1. The molecule has 0 bridgehead atoms. The highest BCUT2D eigenvalue weighted by atomic mass is 16.5. The van der Waals surface area contributed by atoms with Crippen LogP contribution in [0.3, 0.4) is 0 Å². The van der Waals surface area contributed by atoms with Gasteiger partial charge in [-0.05, 0) is 48.2 Å². The van der Waals surface area contributed by atoms with Gasteiger partial charge in [0.05, 0.1) is 19.1 Å². The minimum absolute atomic E-state index is 0.0951. The predicted octanol–water partition coefficient (Wildman–Crippen LogP) is 2.74. The Morgan fingerprint density at radius 1 is 1.17 bits per heavy atom. The maximum atomic E-state index is 12.6. The molecule has 0 saturated heterocycles. The summed E-state index contributed by atoms with van der Waals surface area (Å²) in [5.74, 6) is -0.346. The predicted molar refractivity (Wildman–Crippen MR) is 89.2 cm³/mol. The molecule has 2 N–H and O–H groups in total. The number of carbonyl (C=O) groups excluding carboxylic acids is 1. The van der Waals surface area contributed by atoms with Crippen LogP contribution in [0, 0.1) is 0 Å². The van der Waals surface area contributed by atoms with Gasteiger partial charge in [-0.15, -0.1) is 0 Å². The van der Waals surface area contributed by atoms with Crippen molar-refractivity contribution in [2.45, 2.75) is 24.8 Å². The van der Waals surface area contributed by atoms with Gasteiger partial charge in [0.15, 0.2) is 0 Å². The maximum Gasteiger partial charge on any atom is 0.307 e. The van der Waals surface area contributed by atoms with Gasteiger partial charge in [-0.2, -0.15) is 0 Å². The number of nitrogens with one attached hydrogen (secondary N) is 1. The number of benzene rings is 2. The first kappa shape index (κ1) is 16.1. The van der Waals surface area contributed by atoms with E-state index in [0.29, 0.717) is 11.1 Å². The maximum absolute atomic E-state index is 12.6. The van der Waals surface area contributed by atoms with Gasteiger partial charge in [0, 0.05) is 5.56 Å². The minimum atomic E-state index is -0.914. The highest BCUT2D eigenvalue weighted by Crippen LogP contribution is 2.46. The van der Waals surface area contributed by atoms with Crippen LogP contribution in [0.4, 0.5) is 0 Å². The number of hydrogen-bond donors (Lipinski definition) is 2. The van der Waals surface area contributed by atoms with Crippen LogP contribution in [-0.4, -0.2) is 24.1 Å². The fraction of sp³-hybridized carbons (Fsp3) is 0.263. The molecule has 0 radical (unpaired) electrons. The Kier molecular flexibility index (Phi) is 4.25. The van der Waals surface area contributed by atoms with Crippen LogP contribution >= 0.6 is 0 Å². The summed E-state index contributed by atoms with van der Waals surface area (Å²) in [7, 11) is 1.62. The number of carbonyl (C=O) groups is 2. The van der Waals surface area contributed by atoms with Crippen molar-refractivity contribution in [2.24, 2.45) is 0 Å². The van der Waals surface area contributed by atoms with E-state index in [4.69, 9.17) is 9.84 Å². The summed E-state index contributed by atoms with van der Waals surface area (Å²) >= 11 is 0. The molecule has 0 spiro atoms. The van der Waals surface area contributed by atoms with Crippen LogP contribution < -0.4 is 10.1 Å². The van der Waals surface area contributed by atoms with Crippen LogP contribution in [0.5, 0.6) is 5.75 Å². The zero-order valence-corrected chi connectivity index (χ0v) is 13.4. The minimum Gasteiger partial charge on any atom is -0.497 e. The van der Waals surface area contributed by atoms with Gasteiger partial charge in [0.2, 0.25) is 0 Å². The molecule has 24 heavy (non-hydrogen) atoms. The fourth-order valence-corrected chi connectivity index (χ4v) is 2.82. The van der Waals surface area contributed by atoms with Crippen LogP contribution in [0.1, 0.15) is 34.3 Å². The molecule has 0 atom stereocenters. The molecule has 0 heterocycles. The number of carboxylic acids is 1. The number of aliphatic carboxylic acids is 1. The average molecular weight is 325 g/mol. The van der Waals surface area contributed by atoms with Gasteiger partial charge < -0.3 is 15.2 Å². The molecule has 1 aliphatic carbocycles. The molecular weight excluding hydrogens is 306 g/mol. The lowest BCUT2D eigenvalue weighted by atomic mass is 10.0. The average Bonchev–Trinajstić information content (AvgIpc) is 3.35. The Morgan fingerprint density at radius 2 is 1.92 bits per heavy atom. The normalized spacial score (nSPS) is 14.7. The van der Waals surface area contributed by atoms with E-state index in [1.54, 1.807) is 31.4 Å². The van der Waals surface area contributed by atoms with Gasteiger partial charge in [-0.3, -0.25) is 9.59 Å². The smallest absolute Gasteiger partial charge is 0.307 e. The van der Waals surface area contributed by atoms with Crippen LogP contribution in [0.15, 0.2) is 48.5 Å². The molecule has 1 saturated carbocycles. The Balaban J connectivity index is 1.78. The number of ether oxygens (including phenoxy) is 1. The van der Waals surface area contributed by atoms with E-state index in [-0.39, 0.29) is 17.9 Å². The van der Waals surface area contributed by atoms with E-state index in [9.17, 15) is 9.59 Å². The van der Waals surface area contributed by atoms with Crippen molar-refractivity contribution in [3.8, 4) is 5.75 Å². The van der Waals surface area contributed by atoms with E-state index in [1.807, 2.05) is 24.3 Å². The molecule has 3 rings (SSSR count). The SMILES string of the molecule is COc1cccc(C2(NC(=O)c3cccc(CC(=O)O)c3)CC2)c1. The van der Waals surface area contributed by atoms with Crippen molar-refractivity contribution >= 4 is 11.9 Å². The van der Waals surface area contributed by atoms with E-state index in [1.165, 1.54) is 0 Å². The molecule has 5 nitrogen and oxygen atoms in total. The molecule has 2 aromatic rings. The van der Waals surface area contributed by atoms with E-state index >= 15 is 0 Å². The third-order valence-corrected chi connectivity index (χ3v) is 4.27. The van der Waals surface area contributed by atoms with Crippen molar-refractivity contribution in [1.82, 2.24) is 5.32 Å². The Bertz CT molecular complexity index is 780. The quantitative estimate of drug-likeness (QED) is 0.856. The number of hydrogen-bond acceptors (Lipinski definition) is 3. The highest BCUT2D eigenvalue weighted by Gasteiger charge is 2.45. The molecule has 0 aromatic heterocycles. The monoisotopic (exact) mass is 325 g/mol. The van der Waals surface area contributed by atoms with Gasteiger partial charge in [0.1, 0.15) is 5.75 Å². The topological polar surface area (TPSA) is 75.6 Å². The van der Waals surface area contributed by atoms with Crippen molar-refractivity contribution in [3.05, 3.63) is 65.2 Å². The van der Waals surface area contributed by atoms with Crippen LogP contribution in [-0.2, 0) is 16.8 Å². The van der Waals surface area contributed by atoms with Crippen molar-refractivity contribution < 1.29 is 19.4 Å². The molecule has 0 unspecified atom stereocenters. The van der Waals surface area contributed by atoms with Crippen molar-refractivity contribution in [1.29, 1.82) is 0 Å². The van der Waals surface area contributed by atoms with E-state index < -0.39 is 5.97 Å². The largest absolute Gasteiger partial charge is 0.497 e.